The lowest BCUT2D eigenvalue weighted by atomic mass is 9.99. The zero-order valence-corrected chi connectivity index (χ0v) is 15.9. The van der Waals surface area contributed by atoms with Gasteiger partial charge in [0.1, 0.15) is 18.3 Å². The number of ether oxygens (including phenoxy) is 3. The summed E-state index contributed by atoms with van der Waals surface area (Å²) in [6, 6.07) is 19.5. The number of hydrogen-bond acceptors (Lipinski definition) is 5. The van der Waals surface area contributed by atoms with E-state index in [1.165, 1.54) is 0 Å². The quantitative estimate of drug-likeness (QED) is 0.671. The Balaban J connectivity index is 1.71. The normalized spacial score (nSPS) is 28.8. The molecule has 5 atom stereocenters. The maximum atomic E-state index is 10.4. The van der Waals surface area contributed by atoms with Crippen LogP contribution in [0.3, 0.4) is 0 Å². The van der Waals surface area contributed by atoms with E-state index in [2.05, 4.69) is 15.9 Å². The van der Waals surface area contributed by atoms with Gasteiger partial charge in [0.2, 0.25) is 0 Å². The van der Waals surface area contributed by atoms with Crippen molar-refractivity contribution in [3.8, 4) is 0 Å². The van der Waals surface area contributed by atoms with Crippen molar-refractivity contribution in [3.63, 3.8) is 0 Å². The Morgan fingerprint density at radius 3 is 1.81 bits per heavy atom. The smallest absolute Gasteiger partial charge is 0.184 e. The molecule has 1 saturated heterocycles. The SMILES string of the molecule is O[C@H]1[C@H](OCc2ccccc2)[C@H](OCc2ccccc2)[C@@H](CBr)O[C@@H]1O. The molecule has 6 heteroatoms. The second kappa shape index (κ2) is 9.60. The molecule has 1 aliphatic heterocycles. The summed E-state index contributed by atoms with van der Waals surface area (Å²) < 4.78 is 17.5. The third-order valence-electron chi connectivity index (χ3n) is 4.36. The van der Waals surface area contributed by atoms with Crippen molar-refractivity contribution in [1.29, 1.82) is 0 Å². The number of aliphatic hydroxyl groups excluding tert-OH is 2. The van der Waals surface area contributed by atoms with E-state index in [9.17, 15) is 10.2 Å². The Morgan fingerprint density at radius 2 is 1.31 bits per heavy atom. The predicted octanol–water partition coefficient (Wildman–Crippen LogP) is 2.63. The minimum atomic E-state index is -1.31. The van der Waals surface area contributed by atoms with Crippen LogP contribution in [-0.2, 0) is 27.4 Å². The van der Waals surface area contributed by atoms with Crippen molar-refractivity contribution in [3.05, 3.63) is 71.8 Å². The van der Waals surface area contributed by atoms with Gasteiger partial charge in [0.15, 0.2) is 6.29 Å². The summed E-state index contributed by atoms with van der Waals surface area (Å²) in [5.41, 5.74) is 2.00. The third kappa shape index (κ3) is 4.91. The molecule has 2 N–H and O–H groups in total. The van der Waals surface area contributed by atoms with Crippen LogP contribution in [0, 0.1) is 0 Å². The van der Waals surface area contributed by atoms with Crippen molar-refractivity contribution in [2.24, 2.45) is 0 Å². The average molecular weight is 423 g/mol. The summed E-state index contributed by atoms with van der Waals surface area (Å²) in [6.45, 7) is 0.682. The maximum Gasteiger partial charge on any atom is 0.184 e. The minimum Gasteiger partial charge on any atom is -0.385 e. The van der Waals surface area contributed by atoms with E-state index < -0.39 is 30.7 Å². The van der Waals surface area contributed by atoms with Gasteiger partial charge in [-0.25, -0.2) is 0 Å². The molecule has 1 fully saturated rings. The molecule has 0 spiro atoms. The van der Waals surface area contributed by atoms with E-state index in [0.717, 1.165) is 11.1 Å². The molecule has 0 unspecified atom stereocenters. The van der Waals surface area contributed by atoms with Crippen LogP contribution in [0.25, 0.3) is 0 Å². The van der Waals surface area contributed by atoms with E-state index in [4.69, 9.17) is 14.2 Å². The fourth-order valence-corrected chi connectivity index (χ4v) is 3.48. The van der Waals surface area contributed by atoms with Gasteiger partial charge in [-0.15, -0.1) is 0 Å². The van der Waals surface area contributed by atoms with Crippen LogP contribution in [0.5, 0.6) is 0 Å². The molecule has 2 aromatic rings. The molecule has 0 radical (unpaired) electrons. The molecule has 0 saturated carbocycles. The van der Waals surface area contributed by atoms with Crippen LogP contribution in [0.4, 0.5) is 0 Å². The fraction of sp³-hybridized carbons (Fsp3) is 0.400. The van der Waals surface area contributed by atoms with Crippen LogP contribution in [0.1, 0.15) is 11.1 Å². The Labute approximate surface area is 161 Å². The van der Waals surface area contributed by atoms with Gasteiger partial charge in [-0.2, -0.15) is 0 Å². The maximum absolute atomic E-state index is 10.4. The van der Waals surface area contributed by atoms with Gasteiger partial charge in [0.25, 0.3) is 0 Å². The van der Waals surface area contributed by atoms with E-state index >= 15 is 0 Å². The standard InChI is InChI=1S/C20H23BrO5/c21-11-16-18(24-12-14-7-3-1-4-8-14)19(17(22)20(23)26-16)25-13-15-9-5-2-6-10-15/h1-10,16-20,22-23H,11-13H2/t16-,17+,18-,19+,20+/m1/s1. The first kappa shape index (κ1) is 19.5. The van der Waals surface area contributed by atoms with Crippen LogP contribution in [0.2, 0.25) is 0 Å². The largest absolute Gasteiger partial charge is 0.385 e. The number of rotatable bonds is 7. The highest BCUT2D eigenvalue weighted by Gasteiger charge is 2.45. The summed E-state index contributed by atoms with van der Waals surface area (Å²) in [6.07, 6.45) is -4.15. The van der Waals surface area contributed by atoms with Crippen LogP contribution in [-0.4, -0.2) is 46.2 Å². The summed E-state index contributed by atoms with van der Waals surface area (Å²) in [5.74, 6) is 0. The zero-order valence-electron chi connectivity index (χ0n) is 14.3. The molecule has 1 heterocycles. The second-order valence-corrected chi connectivity index (χ2v) is 6.88. The molecule has 0 aliphatic carbocycles. The lowest BCUT2D eigenvalue weighted by Crippen LogP contribution is -2.59. The van der Waals surface area contributed by atoms with Crippen molar-refractivity contribution in [2.75, 3.05) is 5.33 Å². The van der Waals surface area contributed by atoms with E-state index in [-0.39, 0.29) is 0 Å². The van der Waals surface area contributed by atoms with Gasteiger partial charge < -0.3 is 24.4 Å². The second-order valence-electron chi connectivity index (χ2n) is 6.23. The first-order valence-electron chi connectivity index (χ1n) is 8.57. The van der Waals surface area contributed by atoms with Crippen molar-refractivity contribution in [1.82, 2.24) is 0 Å². The van der Waals surface area contributed by atoms with Crippen LogP contribution in [0.15, 0.2) is 60.7 Å². The number of halogens is 1. The molecule has 0 amide bonds. The number of alkyl halides is 1. The molecule has 1 aliphatic rings. The minimum absolute atomic E-state index is 0.315. The number of benzene rings is 2. The summed E-state index contributed by atoms with van der Waals surface area (Å²) in [7, 11) is 0. The van der Waals surface area contributed by atoms with Gasteiger partial charge in [0.05, 0.1) is 19.3 Å². The molecule has 140 valence electrons. The monoisotopic (exact) mass is 422 g/mol. The lowest BCUT2D eigenvalue weighted by Gasteiger charge is -2.42. The molecule has 2 aromatic carbocycles. The van der Waals surface area contributed by atoms with E-state index in [1.807, 2.05) is 60.7 Å². The first-order chi connectivity index (χ1) is 12.7. The van der Waals surface area contributed by atoms with Gasteiger partial charge in [-0.3, -0.25) is 0 Å². The van der Waals surface area contributed by atoms with Gasteiger partial charge in [0, 0.05) is 5.33 Å². The van der Waals surface area contributed by atoms with E-state index in [0.29, 0.717) is 18.5 Å². The van der Waals surface area contributed by atoms with Crippen molar-refractivity contribution < 1.29 is 24.4 Å². The highest BCUT2D eigenvalue weighted by Crippen LogP contribution is 2.27. The molecule has 26 heavy (non-hydrogen) atoms. The Hall–Kier alpha value is -1.28. The number of hydrogen-bond donors (Lipinski definition) is 2. The highest BCUT2D eigenvalue weighted by atomic mass is 79.9. The van der Waals surface area contributed by atoms with Crippen molar-refractivity contribution in [2.45, 2.75) is 43.9 Å². The highest BCUT2D eigenvalue weighted by molar-refractivity contribution is 9.09. The van der Waals surface area contributed by atoms with Gasteiger partial charge >= 0.3 is 0 Å². The van der Waals surface area contributed by atoms with Crippen LogP contribution >= 0.6 is 15.9 Å². The molecule has 0 bridgehead atoms. The molecular formula is C20H23BrO5. The topological polar surface area (TPSA) is 68.2 Å². The Kier molecular flexibility index (Phi) is 7.19. The fourth-order valence-electron chi connectivity index (χ4n) is 2.96. The average Bonchev–Trinajstić information content (AvgIpc) is 2.69. The van der Waals surface area contributed by atoms with Crippen molar-refractivity contribution >= 4 is 15.9 Å². The van der Waals surface area contributed by atoms with Gasteiger partial charge in [-0.05, 0) is 11.1 Å². The van der Waals surface area contributed by atoms with Gasteiger partial charge in [-0.1, -0.05) is 76.6 Å². The first-order valence-corrected chi connectivity index (χ1v) is 9.70. The Morgan fingerprint density at radius 1 is 0.808 bits per heavy atom. The molecule has 3 rings (SSSR count). The van der Waals surface area contributed by atoms with Crippen LogP contribution < -0.4 is 0 Å². The predicted molar refractivity (Wildman–Crippen MR) is 101 cm³/mol. The lowest BCUT2D eigenvalue weighted by molar-refractivity contribution is -0.295. The summed E-state index contributed by atoms with van der Waals surface area (Å²) in [5, 5.41) is 20.9. The molecular weight excluding hydrogens is 400 g/mol. The molecule has 5 nitrogen and oxygen atoms in total. The number of aliphatic hydroxyl groups is 2. The Bertz CT molecular complexity index is 610. The summed E-state index contributed by atoms with van der Waals surface area (Å²) >= 11 is 3.40. The third-order valence-corrected chi connectivity index (χ3v) is 4.99. The summed E-state index contributed by atoms with van der Waals surface area (Å²) in [4.78, 5) is 0. The van der Waals surface area contributed by atoms with E-state index in [1.54, 1.807) is 0 Å². The molecule has 0 aromatic heterocycles. The zero-order chi connectivity index (χ0) is 18.4.